The zero-order valence-electron chi connectivity index (χ0n) is 11.3. The molecule has 0 fully saturated rings. The van der Waals surface area contributed by atoms with Crippen molar-refractivity contribution in [2.45, 2.75) is 32.2 Å². The zero-order valence-corrected chi connectivity index (χ0v) is 12.2. The largest absolute Gasteiger partial charge is 0.493 e. The molecule has 1 aromatic carbocycles. The fraction of sp³-hybridized carbons (Fsp3) is 0.375. The van der Waals surface area contributed by atoms with Crippen molar-refractivity contribution in [3.8, 4) is 5.75 Å². The molecule has 1 aromatic heterocycles. The smallest absolute Gasteiger partial charge is 0.122 e. The minimum atomic E-state index is 0.0648. The van der Waals surface area contributed by atoms with Gasteiger partial charge in [-0.3, -0.25) is 0 Å². The molecule has 3 rings (SSSR count). The maximum atomic E-state index is 6.55. The summed E-state index contributed by atoms with van der Waals surface area (Å²) in [6.45, 7) is 5.07. The van der Waals surface area contributed by atoms with Crippen LogP contribution in [0.4, 0.5) is 0 Å². The Bertz CT molecular complexity index is 590. The van der Waals surface area contributed by atoms with Crippen molar-refractivity contribution in [1.82, 2.24) is 0 Å². The van der Waals surface area contributed by atoms with E-state index in [0.29, 0.717) is 5.92 Å². The summed E-state index contributed by atoms with van der Waals surface area (Å²) in [6, 6.07) is 10.6. The molecule has 2 N–H and O–H groups in total. The van der Waals surface area contributed by atoms with Gasteiger partial charge in [0.1, 0.15) is 5.75 Å². The van der Waals surface area contributed by atoms with Crippen molar-refractivity contribution in [1.29, 1.82) is 0 Å². The molecule has 2 heterocycles. The third-order valence-corrected chi connectivity index (χ3v) is 4.86. The lowest BCUT2D eigenvalue weighted by Crippen LogP contribution is -2.25. The van der Waals surface area contributed by atoms with Gasteiger partial charge in [-0.25, -0.2) is 0 Å². The highest BCUT2D eigenvalue weighted by molar-refractivity contribution is 7.12. The molecule has 2 aromatic rings. The van der Waals surface area contributed by atoms with E-state index in [-0.39, 0.29) is 6.04 Å². The van der Waals surface area contributed by atoms with Crippen LogP contribution in [0.15, 0.2) is 30.3 Å². The van der Waals surface area contributed by atoms with Gasteiger partial charge in [0.2, 0.25) is 0 Å². The van der Waals surface area contributed by atoms with Gasteiger partial charge in [0.15, 0.2) is 0 Å². The average Bonchev–Trinajstić information content (AvgIpc) is 2.76. The van der Waals surface area contributed by atoms with Crippen LogP contribution in [-0.2, 0) is 0 Å². The van der Waals surface area contributed by atoms with Crippen LogP contribution in [0.5, 0.6) is 5.75 Å². The molecule has 0 spiro atoms. The number of rotatable bonds is 2. The van der Waals surface area contributed by atoms with E-state index in [1.807, 2.05) is 23.5 Å². The summed E-state index contributed by atoms with van der Waals surface area (Å²) in [7, 11) is 0. The van der Waals surface area contributed by atoms with Crippen molar-refractivity contribution in [3.05, 3.63) is 51.2 Å². The normalized spacial score (nSPS) is 19.6. The third-order valence-electron chi connectivity index (χ3n) is 3.88. The molecule has 2 atom stereocenters. The lowest BCUT2D eigenvalue weighted by molar-refractivity contribution is 0.255. The Morgan fingerprint density at radius 1 is 1.32 bits per heavy atom. The van der Waals surface area contributed by atoms with Crippen LogP contribution in [0.1, 0.15) is 39.3 Å². The second-order valence-corrected chi connectivity index (χ2v) is 6.64. The second kappa shape index (κ2) is 4.99. The minimum Gasteiger partial charge on any atom is -0.493 e. The number of para-hydroxylation sites is 1. The molecule has 0 saturated heterocycles. The molecular weight excluding hydrogens is 254 g/mol. The zero-order chi connectivity index (χ0) is 13.4. The van der Waals surface area contributed by atoms with Crippen LogP contribution < -0.4 is 10.5 Å². The van der Waals surface area contributed by atoms with E-state index >= 15 is 0 Å². The number of nitrogens with two attached hydrogens (primary N) is 1. The van der Waals surface area contributed by atoms with Gasteiger partial charge < -0.3 is 10.5 Å². The number of thiophene rings is 1. The summed E-state index contributed by atoms with van der Waals surface area (Å²) < 4.78 is 5.72. The van der Waals surface area contributed by atoms with Crippen molar-refractivity contribution < 1.29 is 4.74 Å². The van der Waals surface area contributed by atoms with E-state index < -0.39 is 0 Å². The van der Waals surface area contributed by atoms with Crippen molar-refractivity contribution in [2.24, 2.45) is 5.73 Å². The highest BCUT2D eigenvalue weighted by Gasteiger charge is 2.28. The topological polar surface area (TPSA) is 35.2 Å². The monoisotopic (exact) mass is 273 g/mol. The van der Waals surface area contributed by atoms with Crippen LogP contribution in [0.2, 0.25) is 0 Å². The second-order valence-electron chi connectivity index (χ2n) is 5.18. The van der Waals surface area contributed by atoms with Crippen LogP contribution in [0.3, 0.4) is 0 Å². The Balaban J connectivity index is 1.97. The SMILES string of the molecule is Cc1cc(C(N)C2CCOc3ccccc32)c(C)s1. The van der Waals surface area contributed by atoms with E-state index in [4.69, 9.17) is 10.5 Å². The third kappa shape index (κ3) is 2.28. The Labute approximate surface area is 118 Å². The molecule has 100 valence electrons. The van der Waals surface area contributed by atoms with E-state index in [1.165, 1.54) is 20.9 Å². The number of benzene rings is 1. The van der Waals surface area contributed by atoms with Crippen LogP contribution in [0.25, 0.3) is 0 Å². The summed E-state index contributed by atoms with van der Waals surface area (Å²) in [5, 5.41) is 0. The van der Waals surface area contributed by atoms with Crippen molar-refractivity contribution in [2.75, 3.05) is 6.61 Å². The first kappa shape index (κ1) is 12.7. The Hall–Kier alpha value is -1.32. The van der Waals surface area contributed by atoms with Crippen molar-refractivity contribution in [3.63, 3.8) is 0 Å². The van der Waals surface area contributed by atoms with Crippen LogP contribution in [-0.4, -0.2) is 6.61 Å². The van der Waals surface area contributed by atoms with Gasteiger partial charge in [-0.1, -0.05) is 18.2 Å². The number of aryl methyl sites for hydroxylation is 2. The first-order valence-corrected chi connectivity index (χ1v) is 7.52. The Morgan fingerprint density at radius 3 is 2.84 bits per heavy atom. The average molecular weight is 273 g/mol. The quantitative estimate of drug-likeness (QED) is 0.899. The lowest BCUT2D eigenvalue weighted by Gasteiger charge is -2.30. The van der Waals surface area contributed by atoms with Gasteiger partial charge >= 0.3 is 0 Å². The number of hydrogen-bond donors (Lipinski definition) is 1. The van der Waals surface area contributed by atoms with Gasteiger partial charge in [0.25, 0.3) is 0 Å². The molecule has 0 saturated carbocycles. The maximum absolute atomic E-state index is 6.55. The Morgan fingerprint density at radius 2 is 2.11 bits per heavy atom. The van der Waals surface area contributed by atoms with E-state index in [1.54, 1.807) is 0 Å². The molecule has 2 unspecified atom stereocenters. The summed E-state index contributed by atoms with van der Waals surface area (Å²) in [5.41, 5.74) is 9.10. The van der Waals surface area contributed by atoms with E-state index in [2.05, 4.69) is 32.0 Å². The predicted molar refractivity (Wildman–Crippen MR) is 80.0 cm³/mol. The maximum Gasteiger partial charge on any atom is 0.122 e. The highest BCUT2D eigenvalue weighted by atomic mass is 32.1. The number of hydrogen-bond acceptors (Lipinski definition) is 3. The summed E-state index contributed by atoms with van der Waals surface area (Å²) in [6.07, 6.45) is 0.993. The summed E-state index contributed by atoms with van der Waals surface area (Å²) >= 11 is 1.83. The fourth-order valence-electron chi connectivity index (χ4n) is 2.94. The fourth-order valence-corrected chi connectivity index (χ4v) is 3.92. The predicted octanol–water partition coefficient (Wildman–Crippen LogP) is 3.93. The Kier molecular flexibility index (Phi) is 3.33. The van der Waals surface area contributed by atoms with E-state index in [9.17, 15) is 0 Å². The molecule has 19 heavy (non-hydrogen) atoms. The summed E-state index contributed by atoms with van der Waals surface area (Å²) in [4.78, 5) is 2.68. The van der Waals surface area contributed by atoms with Crippen molar-refractivity contribution >= 4 is 11.3 Å². The standard InChI is InChI=1S/C16H19NOS/c1-10-9-14(11(2)19-10)16(17)13-7-8-18-15-6-4-3-5-12(13)15/h3-6,9,13,16H,7-8,17H2,1-2H3. The van der Waals surface area contributed by atoms with Gasteiger partial charge in [-0.05, 0) is 43.5 Å². The first-order valence-electron chi connectivity index (χ1n) is 6.71. The molecule has 0 radical (unpaired) electrons. The van der Waals surface area contributed by atoms with Crippen LogP contribution >= 0.6 is 11.3 Å². The molecular formula is C16H19NOS. The van der Waals surface area contributed by atoms with Gasteiger partial charge in [0, 0.05) is 21.7 Å². The lowest BCUT2D eigenvalue weighted by atomic mass is 9.84. The molecule has 2 nitrogen and oxygen atoms in total. The van der Waals surface area contributed by atoms with Crippen LogP contribution in [0, 0.1) is 13.8 Å². The highest BCUT2D eigenvalue weighted by Crippen LogP contribution is 2.42. The minimum absolute atomic E-state index is 0.0648. The molecule has 1 aliphatic rings. The summed E-state index contributed by atoms with van der Waals surface area (Å²) in [5.74, 6) is 1.36. The number of ether oxygens (including phenoxy) is 1. The van der Waals surface area contributed by atoms with Gasteiger partial charge in [-0.15, -0.1) is 11.3 Å². The van der Waals surface area contributed by atoms with Gasteiger partial charge in [0.05, 0.1) is 6.61 Å². The van der Waals surface area contributed by atoms with Gasteiger partial charge in [-0.2, -0.15) is 0 Å². The molecule has 1 aliphatic heterocycles. The molecule has 0 bridgehead atoms. The molecule has 0 aliphatic carbocycles. The molecule has 0 amide bonds. The number of fused-ring (bicyclic) bond motifs is 1. The molecule has 3 heteroatoms. The van der Waals surface area contributed by atoms with E-state index in [0.717, 1.165) is 18.8 Å². The first-order chi connectivity index (χ1) is 9.16.